The van der Waals surface area contributed by atoms with Crippen LogP contribution in [-0.2, 0) is 16.1 Å². The number of azo groups is 1. The lowest BCUT2D eigenvalue weighted by Gasteiger charge is -2.04. The molecule has 0 spiro atoms. The van der Waals surface area contributed by atoms with E-state index in [9.17, 15) is 14.7 Å². The van der Waals surface area contributed by atoms with Crippen LogP contribution in [0.5, 0.6) is 11.6 Å². The molecule has 0 bridgehead atoms. The van der Waals surface area contributed by atoms with E-state index >= 15 is 0 Å². The maximum atomic E-state index is 12.1. The molecule has 9 heteroatoms. The summed E-state index contributed by atoms with van der Waals surface area (Å²) in [5.41, 5.74) is 1.62. The van der Waals surface area contributed by atoms with E-state index in [0.29, 0.717) is 30.5 Å². The van der Waals surface area contributed by atoms with Gasteiger partial charge >= 0.3 is 0 Å². The number of hydrogen-bond donors (Lipinski definition) is 2. The highest BCUT2D eigenvalue weighted by molar-refractivity contribution is 5.96. The molecule has 0 saturated carbocycles. The molecule has 2 aromatic carbocycles. The highest BCUT2D eigenvalue weighted by atomic mass is 16.5. The fraction of sp³-hybridized carbons (Fsp3) is 0.208. The number of amides is 2. The molecule has 0 saturated heterocycles. The van der Waals surface area contributed by atoms with Gasteiger partial charge in [-0.3, -0.25) is 9.59 Å². The molecule has 33 heavy (non-hydrogen) atoms. The molecule has 0 aliphatic heterocycles. The number of carbonyl (C=O) groups is 2. The van der Waals surface area contributed by atoms with Crippen LogP contribution in [0.2, 0.25) is 0 Å². The first-order chi connectivity index (χ1) is 16.0. The monoisotopic (exact) mass is 445 g/mol. The van der Waals surface area contributed by atoms with Crippen LogP contribution in [0.15, 0.2) is 64.8 Å². The van der Waals surface area contributed by atoms with Crippen LogP contribution in [0, 0.1) is 11.3 Å². The minimum Gasteiger partial charge on any atom is -0.496 e. The number of unbranched alkanes of at least 4 members (excludes halogenated alkanes) is 1. The molecule has 0 unspecified atom stereocenters. The summed E-state index contributed by atoms with van der Waals surface area (Å²) < 4.78 is 6.85. The fourth-order valence-electron chi connectivity index (χ4n) is 3.25. The molecule has 3 rings (SSSR count). The maximum absolute atomic E-state index is 12.1. The molecule has 0 fully saturated rings. The molecule has 1 aromatic heterocycles. The number of aromatic nitrogens is 1. The molecular weight excluding hydrogens is 422 g/mol. The molecule has 0 aliphatic carbocycles. The molecule has 0 atom stereocenters. The number of nitrogens with zero attached hydrogens (tertiary/aromatic N) is 4. The van der Waals surface area contributed by atoms with E-state index in [-0.39, 0.29) is 18.1 Å². The summed E-state index contributed by atoms with van der Waals surface area (Å²) in [5.74, 6) is -0.649. The number of aromatic hydroxyl groups is 1. The van der Waals surface area contributed by atoms with E-state index in [1.807, 2.05) is 24.3 Å². The van der Waals surface area contributed by atoms with Crippen molar-refractivity contribution in [1.82, 2.24) is 9.88 Å². The third-order valence-electron chi connectivity index (χ3n) is 4.82. The summed E-state index contributed by atoms with van der Waals surface area (Å²) in [4.78, 5) is 24.1. The van der Waals surface area contributed by atoms with Crippen molar-refractivity contribution >= 4 is 34.5 Å². The van der Waals surface area contributed by atoms with Gasteiger partial charge in [0.25, 0.3) is 5.91 Å². The molecule has 168 valence electrons. The lowest BCUT2D eigenvalue weighted by atomic mass is 10.2. The topological polar surface area (TPSA) is 129 Å². The number of hydrogen-bond acceptors (Lipinski definition) is 6. The van der Waals surface area contributed by atoms with Gasteiger partial charge in [0.2, 0.25) is 11.8 Å². The molecule has 9 nitrogen and oxygen atoms in total. The number of nitrogens with one attached hydrogen (secondary N) is 1. The number of methoxy groups -OCH3 is 1. The van der Waals surface area contributed by atoms with Crippen molar-refractivity contribution in [2.45, 2.75) is 19.4 Å². The normalized spacial score (nSPS) is 11.2. The van der Waals surface area contributed by atoms with Crippen molar-refractivity contribution in [3.63, 3.8) is 0 Å². The summed E-state index contributed by atoms with van der Waals surface area (Å²) in [6.45, 7) is 0.0815. The van der Waals surface area contributed by atoms with E-state index < -0.39 is 11.8 Å². The van der Waals surface area contributed by atoms with E-state index in [1.54, 1.807) is 34.9 Å². The summed E-state index contributed by atoms with van der Waals surface area (Å²) >= 11 is 0. The van der Waals surface area contributed by atoms with E-state index in [4.69, 9.17) is 10.00 Å². The Morgan fingerprint density at radius 3 is 2.76 bits per heavy atom. The SMILES string of the molecule is COc1ccccc1C=CC(=O)NCC(=O)N=Nc1c(O)n(CCCC#N)c2ccccc12. The van der Waals surface area contributed by atoms with Crippen LogP contribution in [0.1, 0.15) is 18.4 Å². The average Bonchev–Trinajstić information content (AvgIpc) is 3.11. The Labute approximate surface area is 190 Å². The van der Waals surface area contributed by atoms with Crippen molar-refractivity contribution < 1.29 is 19.4 Å². The number of aryl methyl sites for hydroxylation is 1. The number of para-hydroxylation sites is 2. The Hall–Kier alpha value is -4.45. The van der Waals surface area contributed by atoms with Gasteiger partial charge in [0.05, 0.1) is 18.7 Å². The predicted octanol–water partition coefficient (Wildman–Crippen LogP) is 4.10. The van der Waals surface area contributed by atoms with Gasteiger partial charge in [-0.2, -0.15) is 5.26 Å². The summed E-state index contributed by atoms with van der Waals surface area (Å²) in [5, 5.41) is 30.0. The second kappa shape index (κ2) is 11.2. The fourth-order valence-corrected chi connectivity index (χ4v) is 3.25. The number of benzene rings is 2. The summed E-state index contributed by atoms with van der Waals surface area (Å²) in [7, 11) is 1.54. The van der Waals surface area contributed by atoms with Crippen LogP contribution in [0.25, 0.3) is 17.0 Å². The minimum absolute atomic E-state index is 0.130. The number of nitriles is 1. The number of rotatable bonds is 9. The number of carbonyl (C=O) groups excluding carboxylic acids is 2. The second-order valence-corrected chi connectivity index (χ2v) is 6.99. The van der Waals surface area contributed by atoms with Crippen LogP contribution in [0.4, 0.5) is 5.69 Å². The van der Waals surface area contributed by atoms with Crippen molar-refractivity contribution in [3.8, 4) is 17.7 Å². The van der Waals surface area contributed by atoms with E-state index in [2.05, 4.69) is 21.6 Å². The summed E-state index contributed by atoms with van der Waals surface area (Å²) in [6.07, 6.45) is 3.79. The molecule has 1 heterocycles. The molecule has 2 amide bonds. The summed E-state index contributed by atoms with van der Waals surface area (Å²) in [6, 6.07) is 16.5. The molecule has 3 aromatic rings. The lowest BCUT2D eigenvalue weighted by Crippen LogP contribution is -2.26. The maximum Gasteiger partial charge on any atom is 0.283 e. The van der Waals surface area contributed by atoms with Gasteiger partial charge in [0.1, 0.15) is 12.3 Å². The predicted molar refractivity (Wildman–Crippen MR) is 123 cm³/mol. The van der Waals surface area contributed by atoms with E-state index in [0.717, 1.165) is 11.1 Å². The first kappa shape index (κ1) is 23.2. The number of fused-ring (bicyclic) bond motifs is 1. The Balaban J connectivity index is 1.65. The minimum atomic E-state index is -0.672. The Morgan fingerprint density at radius 1 is 1.21 bits per heavy atom. The number of ether oxygens (including phenoxy) is 1. The van der Waals surface area contributed by atoms with Gasteiger partial charge in [-0.25, -0.2) is 0 Å². The van der Waals surface area contributed by atoms with Gasteiger partial charge in [0.15, 0.2) is 5.69 Å². The zero-order valence-corrected chi connectivity index (χ0v) is 18.1. The third-order valence-corrected chi connectivity index (χ3v) is 4.82. The van der Waals surface area contributed by atoms with Crippen molar-refractivity contribution in [2.24, 2.45) is 10.2 Å². The molecule has 0 radical (unpaired) electrons. The van der Waals surface area contributed by atoms with Crippen LogP contribution < -0.4 is 10.1 Å². The first-order valence-electron chi connectivity index (χ1n) is 10.3. The van der Waals surface area contributed by atoms with Gasteiger partial charge < -0.3 is 19.7 Å². The molecule has 0 aliphatic rings. The first-order valence-corrected chi connectivity index (χ1v) is 10.3. The van der Waals surface area contributed by atoms with Gasteiger partial charge in [-0.1, -0.05) is 36.4 Å². The largest absolute Gasteiger partial charge is 0.496 e. The Morgan fingerprint density at radius 2 is 1.97 bits per heavy atom. The van der Waals surface area contributed by atoms with Crippen molar-refractivity contribution in [3.05, 3.63) is 60.2 Å². The van der Waals surface area contributed by atoms with Gasteiger partial charge in [0, 0.05) is 30.0 Å². The smallest absolute Gasteiger partial charge is 0.283 e. The van der Waals surface area contributed by atoms with E-state index in [1.165, 1.54) is 13.2 Å². The van der Waals surface area contributed by atoms with Crippen LogP contribution in [0.3, 0.4) is 0 Å². The zero-order valence-electron chi connectivity index (χ0n) is 18.1. The van der Waals surface area contributed by atoms with Gasteiger partial charge in [-0.05, 0) is 24.6 Å². The second-order valence-electron chi connectivity index (χ2n) is 6.99. The Bertz CT molecular complexity index is 1250. The third kappa shape index (κ3) is 5.83. The van der Waals surface area contributed by atoms with Gasteiger partial charge in [-0.15, -0.1) is 10.2 Å². The molecule has 2 N–H and O–H groups in total. The lowest BCUT2D eigenvalue weighted by molar-refractivity contribution is -0.122. The highest BCUT2D eigenvalue weighted by Gasteiger charge is 2.16. The van der Waals surface area contributed by atoms with Crippen LogP contribution in [-0.4, -0.2) is 35.1 Å². The quantitative estimate of drug-likeness (QED) is 0.291. The van der Waals surface area contributed by atoms with Crippen LogP contribution >= 0.6 is 0 Å². The zero-order chi connectivity index (χ0) is 23.6. The standard InChI is InChI=1S/C24H23N5O4/c1-33-20-11-5-2-8-17(20)12-13-21(30)26-16-22(31)27-28-23-18-9-3-4-10-19(18)29(24(23)32)15-7-6-14-25/h2-5,8-13,32H,6-7,15-16H2,1H3,(H,26,30). The van der Waals surface area contributed by atoms with Crippen molar-refractivity contribution in [1.29, 1.82) is 5.26 Å². The van der Waals surface area contributed by atoms with Crippen molar-refractivity contribution in [2.75, 3.05) is 13.7 Å². The Kier molecular flexibility index (Phi) is 7.91. The average molecular weight is 445 g/mol. The molecular formula is C24H23N5O4. The highest BCUT2D eigenvalue weighted by Crippen LogP contribution is 2.38.